The molecule has 12 rings (SSSR count). The minimum absolute atomic E-state index is 0. The molecule has 7 aromatic rings. The molecule has 101 heavy (non-hydrogen) atoms. The predicted octanol–water partition coefficient (Wildman–Crippen LogP) is 24.9. The van der Waals surface area contributed by atoms with Crippen LogP contribution in [0.1, 0.15) is 193 Å². The van der Waals surface area contributed by atoms with E-state index in [4.69, 9.17) is 9.98 Å². The number of likely N-dealkylation sites (N-methyl/N-ethyl adjacent to an activating group) is 2. The summed E-state index contributed by atoms with van der Waals surface area (Å²) in [6, 6.07) is 59.6. The third kappa shape index (κ3) is 31.6. The second kappa shape index (κ2) is 57.7. The maximum atomic E-state index is 4.74. The maximum Gasteiger partial charge on any atom is 0.125 e. The van der Waals surface area contributed by atoms with Gasteiger partial charge in [-0.25, -0.2) is 0 Å². The summed E-state index contributed by atoms with van der Waals surface area (Å²) in [5.74, 6) is 0.423. The second-order valence-corrected chi connectivity index (χ2v) is 21.1. The normalized spacial score (nSPS) is 14.2. The molecule has 552 valence electrons. The molecule has 0 aromatic heterocycles. The van der Waals surface area contributed by atoms with E-state index in [1.807, 2.05) is 208 Å². The SMILES string of the molecule is C.C.C.C.CC.CC.CC.CC.CC.CC.CC.CC.CC.CN(C)c1ccc(C=Nc2ccc(C3=Nc4ccccc4C3)cc2)cc1.CN(C)c1ccc(C=Nc2ccc(C3=Nc4ccccc4C3)cc2)cc1.CN1c2ccccc2CC1C1C=CC(=NC=C2C=CC([NH+](C)C)C=C2)C=C1. The lowest BCUT2D eigenvalue weighted by molar-refractivity contribution is -0.871. The van der Waals surface area contributed by atoms with Gasteiger partial charge in [0.1, 0.15) is 6.04 Å². The van der Waals surface area contributed by atoms with E-state index < -0.39 is 0 Å². The lowest BCUT2D eigenvalue weighted by Gasteiger charge is -2.28. The molecule has 1 unspecified atom stereocenters. The van der Waals surface area contributed by atoms with Crippen LogP contribution < -0.4 is 19.6 Å². The molecule has 2 aliphatic carbocycles. The van der Waals surface area contributed by atoms with Gasteiger partial charge in [0.2, 0.25) is 0 Å². The average molecular weight is 1370 g/mol. The number of para-hydroxylation sites is 3. The highest BCUT2D eigenvalue weighted by molar-refractivity contribution is 6.08. The van der Waals surface area contributed by atoms with Crippen LogP contribution in [0.5, 0.6) is 0 Å². The van der Waals surface area contributed by atoms with Crippen molar-refractivity contribution < 1.29 is 4.90 Å². The van der Waals surface area contributed by atoms with E-state index in [-0.39, 0.29) is 29.7 Å². The Morgan fingerprint density at radius 1 is 0.426 bits per heavy atom. The number of quaternary nitrogens is 1. The Balaban J connectivity index is -0.000000616. The molecule has 9 nitrogen and oxygen atoms in total. The van der Waals surface area contributed by atoms with Crippen molar-refractivity contribution in [1.29, 1.82) is 0 Å². The summed E-state index contributed by atoms with van der Waals surface area (Å²) in [7, 11) is 14.7. The lowest BCUT2D eigenvalue weighted by Crippen LogP contribution is -3.09. The summed E-state index contributed by atoms with van der Waals surface area (Å²) in [6.07, 6.45) is 26.3. The number of allylic oxidation sites excluding steroid dienone is 5. The fourth-order valence-electron chi connectivity index (χ4n) is 10.1. The molecule has 0 saturated heterocycles. The van der Waals surface area contributed by atoms with E-state index in [2.05, 4.69) is 233 Å². The molecule has 1 atom stereocenters. The second-order valence-electron chi connectivity index (χ2n) is 21.1. The molecule has 7 aromatic carbocycles. The van der Waals surface area contributed by atoms with E-state index in [1.54, 1.807) is 0 Å². The number of hydrogen-bond acceptors (Lipinski definition) is 8. The largest absolute Gasteiger partial charge is 0.378 e. The van der Waals surface area contributed by atoms with Gasteiger partial charge in [-0.05, 0) is 142 Å². The van der Waals surface area contributed by atoms with Gasteiger partial charge in [-0.2, -0.15) is 0 Å². The fraction of sp³-hybridized carbons (Fsp3) is 0.380. The van der Waals surface area contributed by atoms with Crippen LogP contribution in [-0.4, -0.2) is 91.0 Å². The molecule has 5 aliphatic rings. The molecule has 0 amide bonds. The minimum atomic E-state index is 0. The van der Waals surface area contributed by atoms with Crippen molar-refractivity contribution >= 4 is 69.4 Å². The topological polar surface area (TPSA) is 76.0 Å². The summed E-state index contributed by atoms with van der Waals surface area (Å²) < 4.78 is 0. The number of nitrogens with one attached hydrogen (secondary N) is 1. The number of nitrogens with zero attached hydrogens (tertiary/aromatic N) is 8. The van der Waals surface area contributed by atoms with Crippen molar-refractivity contribution in [3.8, 4) is 0 Å². The third-order valence-corrected chi connectivity index (χ3v) is 14.9. The van der Waals surface area contributed by atoms with Gasteiger partial charge in [0, 0.05) is 95.7 Å². The van der Waals surface area contributed by atoms with E-state index in [0.717, 1.165) is 87.0 Å². The highest BCUT2D eigenvalue weighted by Gasteiger charge is 2.31. The first kappa shape index (κ1) is 98.3. The highest BCUT2D eigenvalue weighted by atomic mass is 15.2. The number of hydrogen-bond donors (Lipinski definition) is 1. The number of anilines is 3. The first-order chi connectivity index (χ1) is 47.5. The first-order valence-electron chi connectivity index (χ1n) is 36.3. The number of benzene rings is 7. The Kier molecular flexibility index (Phi) is 56.2. The molecule has 0 fully saturated rings. The van der Waals surface area contributed by atoms with Crippen LogP contribution in [0.15, 0.2) is 255 Å². The van der Waals surface area contributed by atoms with Crippen molar-refractivity contribution in [2.24, 2.45) is 30.9 Å². The van der Waals surface area contributed by atoms with Gasteiger partial charge < -0.3 is 19.6 Å². The Morgan fingerprint density at radius 3 is 1.13 bits per heavy atom. The van der Waals surface area contributed by atoms with Crippen molar-refractivity contribution in [2.45, 2.75) is 186 Å². The van der Waals surface area contributed by atoms with Gasteiger partial charge in [0.25, 0.3) is 0 Å². The van der Waals surface area contributed by atoms with Gasteiger partial charge in [-0.15, -0.1) is 0 Å². The van der Waals surface area contributed by atoms with Crippen molar-refractivity contribution in [1.82, 2.24) is 0 Å². The average Bonchev–Trinajstić information content (AvgIpc) is 1.66. The van der Waals surface area contributed by atoms with Crippen LogP contribution in [0, 0.1) is 5.92 Å². The molecule has 0 spiro atoms. The van der Waals surface area contributed by atoms with Crippen molar-refractivity contribution in [3.05, 3.63) is 269 Å². The van der Waals surface area contributed by atoms with Gasteiger partial charge in [-0.3, -0.25) is 25.0 Å². The monoisotopic (exact) mass is 1370 g/mol. The third-order valence-electron chi connectivity index (χ3n) is 14.9. The fourth-order valence-corrected chi connectivity index (χ4v) is 10.1. The summed E-state index contributed by atoms with van der Waals surface area (Å²) >= 11 is 0. The van der Waals surface area contributed by atoms with Gasteiger partial charge >= 0.3 is 0 Å². The van der Waals surface area contributed by atoms with E-state index in [1.165, 1.54) is 38.7 Å². The summed E-state index contributed by atoms with van der Waals surface area (Å²) in [4.78, 5) is 31.3. The zero-order chi connectivity index (χ0) is 72.7. The van der Waals surface area contributed by atoms with Gasteiger partial charge in [0.05, 0.1) is 54.0 Å². The molecule has 1 N–H and O–H groups in total. The molecule has 0 saturated carbocycles. The number of rotatable bonds is 11. The number of fused-ring (bicyclic) bond motifs is 3. The quantitative estimate of drug-likeness (QED) is 0.131. The van der Waals surface area contributed by atoms with Crippen LogP contribution in [-0.2, 0) is 19.3 Å². The van der Waals surface area contributed by atoms with Crippen molar-refractivity contribution in [3.63, 3.8) is 0 Å². The predicted molar refractivity (Wildman–Crippen MR) is 465 cm³/mol. The zero-order valence-corrected chi connectivity index (χ0v) is 64.4. The van der Waals surface area contributed by atoms with Gasteiger partial charge in [0.15, 0.2) is 0 Å². The molecule has 3 heterocycles. The zero-order valence-electron chi connectivity index (χ0n) is 64.4. The van der Waals surface area contributed by atoms with Crippen LogP contribution in [0.3, 0.4) is 0 Å². The summed E-state index contributed by atoms with van der Waals surface area (Å²) in [5, 5.41) is 0. The number of aliphatic imine (C=N–C) groups is 5. The maximum absolute atomic E-state index is 4.74. The molecule has 0 radical (unpaired) electrons. The van der Waals surface area contributed by atoms with E-state index in [0.29, 0.717) is 18.0 Å². The Hall–Kier alpha value is -9.05. The smallest absolute Gasteiger partial charge is 0.125 e. The summed E-state index contributed by atoms with van der Waals surface area (Å²) in [6.45, 7) is 36.0. The highest BCUT2D eigenvalue weighted by Crippen LogP contribution is 2.36. The van der Waals surface area contributed by atoms with Crippen LogP contribution in [0.2, 0.25) is 0 Å². The Morgan fingerprint density at radius 2 is 0.782 bits per heavy atom. The van der Waals surface area contributed by atoms with E-state index in [9.17, 15) is 0 Å². The lowest BCUT2D eigenvalue weighted by atomic mass is 9.92. The first-order valence-corrected chi connectivity index (χ1v) is 36.3. The van der Waals surface area contributed by atoms with Crippen molar-refractivity contribution in [2.75, 3.05) is 64.0 Å². The summed E-state index contributed by atoms with van der Waals surface area (Å²) in [5.41, 5.74) is 20.8. The molecule has 3 aliphatic heterocycles. The molecule has 0 bridgehead atoms. The molecular weight excluding hydrogens is 1230 g/mol. The van der Waals surface area contributed by atoms with E-state index >= 15 is 0 Å². The standard InChI is InChI=1S/C24H27N3.2C23H21N3.9C2H6.4CH4/c1-26(2)22-14-8-18(9-15-22)17-25-21-12-10-19(11-13-21)24-16-20-6-4-5-7-23(20)27(24)3;2*1-26(2)21-13-7-17(8-14-21)16-24-20-11-9-18(10-12-20)23-15-19-5-3-4-6-22(19)25-23;9*1-2;;;;/h4-15,17,19,22,24H,16H2,1-3H3;2*3-14,16H,15H2,1-2H3;9*1-2H3;4*1H4/p+1. The Labute approximate surface area is 620 Å². The molecular formula is C92H140N9+. The van der Waals surface area contributed by atoms with Crippen LogP contribution in [0.25, 0.3) is 0 Å². The Bertz CT molecular complexity index is 3370. The van der Waals surface area contributed by atoms with Crippen LogP contribution >= 0.6 is 0 Å². The van der Waals surface area contributed by atoms with Crippen LogP contribution in [0.4, 0.5) is 39.8 Å². The van der Waals surface area contributed by atoms with Gasteiger partial charge in [-0.1, -0.05) is 282 Å². The minimum Gasteiger partial charge on any atom is -0.378 e. The molecule has 9 heteroatoms.